The minimum absolute atomic E-state index is 0.0597. The Morgan fingerprint density at radius 3 is 2.23 bits per heavy atom. The highest BCUT2D eigenvalue weighted by atomic mass is 28.3. The highest BCUT2D eigenvalue weighted by molar-refractivity contribution is 6.89. The highest BCUT2D eigenvalue weighted by Crippen LogP contribution is 2.41. The lowest BCUT2D eigenvalue weighted by Gasteiger charge is -2.28. The van der Waals surface area contributed by atoms with Gasteiger partial charge in [0.05, 0.1) is 37.2 Å². The second-order valence-electron chi connectivity index (χ2n) is 13.7. The van der Waals surface area contributed by atoms with Crippen LogP contribution >= 0.6 is 0 Å². The van der Waals surface area contributed by atoms with Gasteiger partial charge in [-0.2, -0.15) is 0 Å². The molecule has 5 heteroatoms. The first-order chi connectivity index (χ1) is 20.6. The maximum Gasteiger partial charge on any atom is 0.137 e. The third-order valence-electron chi connectivity index (χ3n) is 9.07. The Morgan fingerprint density at radius 1 is 0.744 bits per heavy atom. The molecule has 0 saturated heterocycles. The summed E-state index contributed by atoms with van der Waals surface area (Å²) in [4.78, 5) is 9.56. The summed E-state index contributed by atoms with van der Waals surface area (Å²) in [5.74, 6) is 0.962. The molecule has 4 aromatic carbocycles. The molecule has 6 aromatic rings. The van der Waals surface area contributed by atoms with Crippen LogP contribution in [0.2, 0.25) is 13.1 Å². The van der Waals surface area contributed by atoms with Crippen LogP contribution in [0.4, 0.5) is 17.1 Å². The van der Waals surface area contributed by atoms with E-state index in [0.717, 1.165) is 18.5 Å². The van der Waals surface area contributed by atoms with E-state index >= 15 is 0 Å². The quantitative estimate of drug-likeness (QED) is 0.191. The number of rotatable bonds is 5. The minimum Gasteiger partial charge on any atom is -0.355 e. The topological polar surface area (TPSA) is 24.3 Å². The molecular weight excluding hydrogens is 541 g/mol. The van der Waals surface area contributed by atoms with E-state index in [1.54, 1.807) is 0 Å². The molecule has 1 aliphatic rings. The molecule has 0 fully saturated rings. The zero-order valence-corrected chi connectivity index (χ0v) is 27.1. The van der Waals surface area contributed by atoms with Crippen LogP contribution in [0, 0.1) is 0 Å². The molecule has 0 unspecified atom stereocenters. The number of hydrogen-bond acceptors (Lipinski definition) is 3. The summed E-state index contributed by atoms with van der Waals surface area (Å²) in [7, 11) is 0.282. The molecule has 3 heterocycles. The second-order valence-corrected chi connectivity index (χ2v) is 18.4. The molecule has 1 aliphatic heterocycles. The predicted molar refractivity (Wildman–Crippen MR) is 186 cm³/mol. The van der Waals surface area contributed by atoms with Gasteiger partial charge in [0.15, 0.2) is 0 Å². The number of hydrogen-bond donors (Lipinski definition) is 0. The van der Waals surface area contributed by atoms with Crippen LogP contribution in [0.3, 0.4) is 0 Å². The molecule has 7 rings (SSSR count). The molecule has 0 radical (unpaired) electrons. The highest BCUT2D eigenvalue weighted by Gasteiger charge is 2.29. The number of fused-ring (bicyclic) bond motifs is 4. The fraction of sp³-hybridized carbons (Fsp3) is 0.237. The summed E-state index contributed by atoms with van der Waals surface area (Å²) < 4.78 is 2.33. The summed E-state index contributed by atoms with van der Waals surface area (Å²) in [6, 6.07) is 39.2. The smallest absolute Gasteiger partial charge is 0.137 e. The first-order valence-electron chi connectivity index (χ1n) is 15.3. The summed E-state index contributed by atoms with van der Waals surface area (Å²) in [6.45, 7) is 12.9. The fourth-order valence-electron chi connectivity index (χ4n) is 6.70. The number of anilines is 3. The largest absolute Gasteiger partial charge is 0.355 e. The number of pyridine rings is 1. The second kappa shape index (κ2) is 10.1. The van der Waals surface area contributed by atoms with Crippen molar-refractivity contribution >= 4 is 52.1 Å². The van der Waals surface area contributed by atoms with E-state index in [4.69, 9.17) is 4.98 Å². The van der Waals surface area contributed by atoms with Crippen molar-refractivity contribution in [2.24, 2.45) is 0 Å². The normalized spacial score (nSPS) is 13.7. The minimum atomic E-state index is -1.90. The molecule has 2 aromatic heterocycles. The maximum atomic E-state index is 4.75. The van der Waals surface area contributed by atoms with Crippen molar-refractivity contribution < 1.29 is 0 Å². The maximum absolute atomic E-state index is 4.75. The van der Waals surface area contributed by atoms with Crippen molar-refractivity contribution in [3.63, 3.8) is 0 Å². The first-order valence-corrected chi connectivity index (χ1v) is 18.5. The zero-order valence-electron chi connectivity index (χ0n) is 26.1. The number of aromatic nitrogens is 2. The molecule has 216 valence electrons. The lowest BCUT2D eigenvalue weighted by Crippen LogP contribution is -2.44. The van der Waals surface area contributed by atoms with E-state index < -0.39 is 8.07 Å². The number of para-hydroxylation sites is 3. The van der Waals surface area contributed by atoms with Crippen LogP contribution in [0.25, 0.3) is 27.6 Å². The van der Waals surface area contributed by atoms with E-state index in [-0.39, 0.29) is 5.41 Å². The van der Waals surface area contributed by atoms with Crippen LogP contribution in [0.5, 0.6) is 0 Å². The molecular formula is C38H40N4Si. The molecule has 0 spiro atoms. The Balaban J connectivity index is 1.32. The lowest BCUT2D eigenvalue weighted by molar-refractivity contribution is 0.589. The van der Waals surface area contributed by atoms with Crippen LogP contribution in [0.1, 0.15) is 31.9 Å². The van der Waals surface area contributed by atoms with Gasteiger partial charge in [0, 0.05) is 29.7 Å². The van der Waals surface area contributed by atoms with Crippen molar-refractivity contribution in [3.8, 4) is 5.82 Å². The van der Waals surface area contributed by atoms with Crippen LogP contribution in [0.15, 0.2) is 109 Å². The van der Waals surface area contributed by atoms with Gasteiger partial charge in [-0.05, 0) is 71.1 Å². The average Bonchev–Trinajstić information content (AvgIpc) is 3.51. The van der Waals surface area contributed by atoms with Gasteiger partial charge in [0.25, 0.3) is 0 Å². The molecule has 4 nitrogen and oxygen atoms in total. The number of benzene rings is 4. The Hall–Kier alpha value is -4.35. The third-order valence-corrected chi connectivity index (χ3v) is 12.2. The van der Waals surface area contributed by atoms with E-state index in [2.05, 4.69) is 152 Å². The molecule has 0 atom stereocenters. The molecule has 43 heavy (non-hydrogen) atoms. The van der Waals surface area contributed by atoms with Crippen molar-refractivity contribution in [3.05, 3.63) is 120 Å². The average molecular weight is 581 g/mol. The van der Waals surface area contributed by atoms with Gasteiger partial charge in [0.1, 0.15) is 5.82 Å². The van der Waals surface area contributed by atoms with Crippen molar-refractivity contribution in [2.45, 2.75) is 45.3 Å². The predicted octanol–water partition coefficient (Wildman–Crippen LogP) is 8.72. The van der Waals surface area contributed by atoms with Gasteiger partial charge in [-0.3, -0.25) is 4.57 Å². The van der Waals surface area contributed by atoms with Crippen LogP contribution in [-0.2, 0) is 11.5 Å². The van der Waals surface area contributed by atoms with Gasteiger partial charge in [-0.25, -0.2) is 4.98 Å². The summed E-state index contributed by atoms with van der Waals surface area (Å²) in [5, 5.41) is 4.02. The van der Waals surface area contributed by atoms with Gasteiger partial charge in [-0.15, -0.1) is 0 Å². The Labute approximate surface area is 256 Å². The van der Waals surface area contributed by atoms with Crippen molar-refractivity contribution in [1.82, 2.24) is 9.55 Å². The van der Waals surface area contributed by atoms with Crippen molar-refractivity contribution in [2.75, 3.05) is 23.5 Å². The monoisotopic (exact) mass is 580 g/mol. The van der Waals surface area contributed by atoms with Crippen LogP contribution in [-0.4, -0.2) is 31.3 Å². The van der Waals surface area contributed by atoms with E-state index in [0.29, 0.717) is 0 Å². The van der Waals surface area contributed by atoms with Crippen LogP contribution < -0.4 is 15.0 Å². The molecule has 0 bridgehead atoms. The van der Waals surface area contributed by atoms with E-state index in [9.17, 15) is 0 Å². The van der Waals surface area contributed by atoms with E-state index in [1.807, 2.05) is 12.3 Å². The lowest BCUT2D eigenvalue weighted by atomic mass is 9.86. The van der Waals surface area contributed by atoms with Gasteiger partial charge >= 0.3 is 0 Å². The summed E-state index contributed by atoms with van der Waals surface area (Å²) in [5.41, 5.74) is 9.17. The third kappa shape index (κ3) is 4.82. The molecule has 0 saturated carbocycles. The zero-order chi connectivity index (χ0) is 29.9. The fourth-order valence-corrected chi connectivity index (χ4v) is 9.19. The van der Waals surface area contributed by atoms with Gasteiger partial charge < -0.3 is 9.80 Å². The molecule has 0 amide bonds. The van der Waals surface area contributed by atoms with E-state index in [1.165, 1.54) is 55.2 Å². The Bertz CT molecular complexity index is 1970. The Kier molecular flexibility index (Phi) is 6.47. The first kappa shape index (κ1) is 27.5. The Morgan fingerprint density at radius 2 is 1.47 bits per heavy atom. The van der Waals surface area contributed by atoms with Gasteiger partial charge in [0.2, 0.25) is 0 Å². The SMILES string of the molecule is CN1CN(c2cc(C[Si](C)(C)c3ccc4c5ccccc5n(-c5ccccn5)c4c3)cc(C(C)(C)C)c2)c2ccccc21. The molecule has 0 N–H and O–H groups in total. The summed E-state index contributed by atoms with van der Waals surface area (Å²) in [6.07, 6.45) is 1.88. The van der Waals surface area contributed by atoms with Crippen molar-refractivity contribution in [1.29, 1.82) is 0 Å². The number of nitrogens with zero attached hydrogens (tertiary/aromatic N) is 4. The van der Waals surface area contributed by atoms with Gasteiger partial charge in [-0.1, -0.05) is 93.6 Å². The standard InChI is InChI=1S/C38H40N4Si/c1-38(2,3)28-21-27(22-29(23-28)41-26-40(4)34-15-9-10-16-35(34)41)25-43(5,6)30-18-19-32-31-13-7-8-14-33(31)42(36(32)24-30)37-17-11-12-20-39-37/h7-24H,25-26H2,1-6H3. The summed E-state index contributed by atoms with van der Waals surface area (Å²) >= 11 is 0. The molecule has 0 aliphatic carbocycles.